The molecule has 1 atom stereocenters. The van der Waals surface area contributed by atoms with Crippen LogP contribution in [0.2, 0.25) is 0 Å². The van der Waals surface area contributed by atoms with Crippen molar-refractivity contribution in [3.8, 4) is 0 Å². The monoisotopic (exact) mass is 250 g/mol. The molecule has 0 spiro atoms. The van der Waals surface area contributed by atoms with Crippen LogP contribution in [0.3, 0.4) is 0 Å². The summed E-state index contributed by atoms with van der Waals surface area (Å²) in [6.45, 7) is 3.31. The van der Waals surface area contributed by atoms with E-state index in [1.165, 1.54) is 55.8 Å². The highest BCUT2D eigenvalue weighted by molar-refractivity contribution is 7.09. The fraction of sp³-hybridized carbons (Fsp3) is 0.786. The quantitative estimate of drug-likeness (QED) is 0.890. The van der Waals surface area contributed by atoms with Gasteiger partial charge in [-0.3, -0.25) is 0 Å². The van der Waals surface area contributed by atoms with Crippen LogP contribution in [0.25, 0.3) is 0 Å². The summed E-state index contributed by atoms with van der Waals surface area (Å²) in [6.07, 6.45) is 9.53. The van der Waals surface area contributed by atoms with Crippen LogP contribution in [-0.2, 0) is 6.42 Å². The zero-order valence-electron chi connectivity index (χ0n) is 10.7. The SMILES string of the molecule is Cc1csc(CC2(C3CC3)CCCCCN2)n1. The molecule has 2 nitrogen and oxygen atoms in total. The van der Waals surface area contributed by atoms with E-state index in [0.717, 1.165) is 12.3 Å². The van der Waals surface area contributed by atoms with E-state index in [2.05, 4.69) is 22.6 Å². The third-order valence-electron chi connectivity index (χ3n) is 4.27. The maximum atomic E-state index is 4.67. The van der Waals surface area contributed by atoms with Gasteiger partial charge in [0.2, 0.25) is 0 Å². The molecule has 2 heterocycles. The minimum absolute atomic E-state index is 0.390. The lowest BCUT2D eigenvalue weighted by molar-refractivity contribution is 0.270. The summed E-state index contributed by atoms with van der Waals surface area (Å²) in [5, 5.41) is 7.41. The van der Waals surface area contributed by atoms with Crippen molar-refractivity contribution < 1.29 is 0 Å². The first kappa shape index (κ1) is 11.7. The summed E-state index contributed by atoms with van der Waals surface area (Å²) in [4.78, 5) is 4.67. The third kappa shape index (κ3) is 2.55. The van der Waals surface area contributed by atoms with Crippen molar-refractivity contribution in [1.82, 2.24) is 10.3 Å². The number of aromatic nitrogens is 1. The number of rotatable bonds is 3. The maximum absolute atomic E-state index is 4.67. The highest BCUT2D eigenvalue weighted by Gasteiger charge is 2.45. The van der Waals surface area contributed by atoms with E-state index < -0.39 is 0 Å². The van der Waals surface area contributed by atoms with Gasteiger partial charge in [-0.1, -0.05) is 12.8 Å². The van der Waals surface area contributed by atoms with Crippen molar-refractivity contribution in [2.75, 3.05) is 6.54 Å². The van der Waals surface area contributed by atoms with Crippen molar-refractivity contribution in [3.05, 3.63) is 16.1 Å². The number of nitrogens with zero attached hydrogens (tertiary/aromatic N) is 1. The lowest BCUT2D eigenvalue weighted by atomic mass is 9.85. The van der Waals surface area contributed by atoms with Gasteiger partial charge in [0, 0.05) is 23.0 Å². The van der Waals surface area contributed by atoms with Gasteiger partial charge in [0.1, 0.15) is 0 Å². The Morgan fingerprint density at radius 1 is 1.41 bits per heavy atom. The Bertz CT molecular complexity index is 373. The smallest absolute Gasteiger partial charge is 0.0946 e. The molecular formula is C14H22N2S. The second-order valence-electron chi connectivity index (χ2n) is 5.73. The minimum Gasteiger partial charge on any atom is -0.311 e. The topological polar surface area (TPSA) is 24.9 Å². The number of hydrogen-bond acceptors (Lipinski definition) is 3. The standard InChI is InChI=1S/C14H22N2S/c1-11-10-17-13(16-11)9-14(12-5-6-12)7-3-2-4-8-15-14/h10,12,15H,2-9H2,1H3. The summed E-state index contributed by atoms with van der Waals surface area (Å²) in [5.41, 5.74) is 1.57. The molecule has 0 bridgehead atoms. The van der Waals surface area contributed by atoms with E-state index in [4.69, 9.17) is 0 Å². The largest absolute Gasteiger partial charge is 0.311 e. The van der Waals surface area contributed by atoms with Gasteiger partial charge in [0.25, 0.3) is 0 Å². The fourth-order valence-electron chi connectivity index (χ4n) is 3.20. The molecule has 17 heavy (non-hydrogen) atoms. The molecule has 2 fully saturated rings. The molecule has 0 amide bonds. The Kier molecular flexibility index (Phi) is 3.22. The molecule has 1 aromatic heterocycles. The van der Waals surface area contributed by atoms with E-state index in [0.29, 0.717) is 5.54 Å². The summed E-state index contributed by atoms with van der Waals surface area (Å²) >= 11 is 1.84. The first-order valence-corrected chi connectivity index (χ1v) is 7.82. The number of thiazole rings is 1. The average Bonchev–Trinajstić information content (AvgIpc) is 3.09. The first-order valence-electron chi connectivity index (χ1n) is 6.95. The van der Waals surface area contributed by atoms with Crippen LogP contribution < -0.4 is 5.32 Å². The zero-order chi connectivity index (χ0) is 11.7. The molecule has 1 aromatic rings. The van der Waals surface area contributed by atoms with Crippen molar-refractivity contribution in [3.63, 3.8) is 0 Å². The first-order chi connectivity index (χ1) is 8.28. The number of hydrogen-bond donors (Lipinski definition) is 1. The van der Waals surface area contributed by atoms with Crippen LogP contribution in [0.4, 0.5) is 0 Å². The highest BCUT2D eigenvalue weighted by Crippen LogP contribution is 2.45. The van der Waals surface area contributed by atoms with Crippen molar-refractivity contribution >= 4 is 11.3 Å². The van der Waals surface area contributed by atoms with Crippen LogP contribution in [-0.4, -0.2) is 17.1 Å². The molecule has 1 aliphatic carbocycles. The average molecular weight is 250 g/mol. The molecule has 1 N–H and O–H groups in total. The van der Waals surface area contributed by atoms with Crippen LogP contribution in [0.15, 0.2) is 5.38 Å². The molecule has 2 aliphatic rings. The Labute approximate surface area is 108 Å². The maximum Gasteiger partial charge on any atom is 0.0946 e. The lowest BCUT2D eigenvalue weighted by Gasteiger charge is -2.33. The number of nitrogens with one attached hydrogen (secondary N) is 1. The highest BCUT2D eigenvalue weighted by atomic mass is 32.1. The molecule has 0 radical (unpaired) electrons. The van der Waals surface area contributed by atoms with Gasteiger partial charge >= 0.3 is 0 Å². The van der Waals surface area contributed by atoms with E-state index in [-0.39, 0.29) is 0 Å². The lowest BCUT2D eigenvalue weighted by Crippen LogP contribution is -2.48. The summed E-state index contributed by atoms with van der Waals surface area (Å²) in [7, 11) is 0. The van der Waals surface area contributed by atoms with E-state index in [1.807, 2.05) is 11.3 Å². The Hall–Kier alpha value is -0.410. The molecule has 1 saturated heterocycles. The van der Waals surface area contributed by atoms with E-state index in [1.54, 1.807) is 0 Å². The van der Waals surface area contributed by atoms with Crippen LogP contribution in [0.5, 0.6) is 0 Å². The molecule has 0 aromatic carbocycles. The van der Waals surface area contributed by atoms with Gasteiger partial charge < -0.3 is 5.32 Å². The van der Waals surface area contributed by atoms with Gasteiger partial charge in [0.15, 0.2) is 0 Å². The summed E-state index contributed by atoms with van der Waals surface area (Å²) in [5.74, 6) is 0.921. The summed E-state index contributed by atoms with van der Waals surface area (Å²) in [6, 6.07) is 0. The van der Waals surface area contributed by atoms with Crippen LogP contribution in [0.1, 0.15) is 49.2 Å². The third-order valence-corrected chi connectivity index (χ3v) is 5.24. The molecular weight excluding hydrogens is 228 g/mol. The fourth-order valence-corrected chi connectivity index (χ4v) is 4.10. The molecule has 94 valence electrons. The minimum atomic E-state index is 0.390. The molecule has 1 aliphatic heterocycles. The van der Waals surface area contributed by atoms with Gasteiger partial charge in [-0.05, 0) is 45.1 Å². The summed E-state index contributed by atoms with van der Waals surface area (Å²) < 4.78 is 0. The Morgan fingerprint density at radius 3 is 3.00 bits per heavy atom. The van der Waals surface area contributed by atoms with Gasteiger partial charge in [-0.15, -0.1) is 11.3 Å². The van der Waals surface area contributed by atoms with Gasteiger partial charge in [-0.25, -0.2) is 4.98 Å². The van der Waals surface area contributed by atoms with Crippen LogP contribution in [0, 0.1) is 12.8 Å². The molecule has 1 unspecified atom stereocenters. The van der Waals surface area contributed by atoms with Crippen molar-refractivity contribution in [2.45, 2.75) is 57.4 Å². The van der Waals surface area contributed by atoms with Crippen molar-refractivity contribution in [1.29, 1.82) is 0 Å². The normalized spacial score (nSPS) is 30.2. The molecule has 1 saturated carbocycles. The predicted molar refractivity (Wildman–Crippen MR) is 72.5 cm³/mol. The second-order valence-corrected chi connectivity index (χ2v) is 6.67. The zero-order valence-corrected chi connectivity index (χ0v) is 11.5. The van der Waals surface area contributed by atoms with Crippen molar-refractivity contribution in [2.24, 2.45) is 5.92 Å². The van der Waals surface area contributed by atoms with E-state index in [9.17, 15) is 0 Å². The molecule has 3 heteroatoms. The number of aryl methyl sites for hydroxylation is 1. The van der Waals surface area contributed by atoms with Crippen LogP contribution >= 0.6 is 11.3 Å². The Morgan fingerprint density at radius 2 is 2.29 bits per heavy atom. The molecule has 3 rings (SSSR count). The van der Waals surface area contributed by atoms with Gasteiger partial charge in [-0.2, -0.15) is 0 Å². The Balaban J connectivity index is 1.78. The second kappa shape index (κ2) is 4.69. The van der Waals surface area contributed by atoms with E-state index >= 15 is 0 Å². The van der Waals surface area contributed by atoms with Gasteiger partial charge in [0.05, 0.1) is 5.01 Å². The predicted octanol–water partition coefficient (Wildman–Crippen LogP) is 3.31.